The van der Waals surface area contributed by atoms with E-state index in [1.165, 1.54) is 5.56 Å². The number of nitrogens with two attached hydrogens (primary N) is 2. The van der Waals surface area contributed by atoms with Gasteiger partial charge in [-0.1, -0.05) is 36.8 Å². The highest BCUT2D eigenvalue weighted by Gasteiger charge is 2.52. The zero-order valence-corrected chi connectivity index (χ0v) is 36.7. The van der Waals surface area contributed by atoms with Gasteiger partial charge in [0.15, 0.2) is 11.3 Å². The van der Waals surface area contributed by atoms with E-state index in [2.05, 4.69) is 86.5 Å². The number of ether oxygens (including phenoxy) is 1. The lowest BCUT2D eigenvalue weighted by molar-refractivity contribution is 0.00578. The number of hydrogen-bond donors (Lipinski definition) is 2. The molecule has 0 radical (unpaired) electrons. The first-order valence-electron chi connectivity index (χ1n) is 19.4. The van der Waals surface area contributed by atoms with E-state index in [0.717, 1.165) is 78.0 Å². The lowest BCUT2D eigenvalue weighted by Crippen LogP contribution is -2.41. The predicted octanol–water partition coefficient (Wildman–Crippen LogP) is 8.45. The molecular weight excluding hydrogens is 805 g/mol. The van der Waals surface area contributed by atoms with Gasteiger partial charge in [0.25, 0.3) is 0 Å². The van der Waals surface area contributed by atoms with Crippen molar-refractivity contribution < 1.29 is 14.0 Å². The van der Waals surface area contributed by atoms with Crippen LogP contribution in [0.3, 0.4) is 0 Å². The third kappa shape index (κ3) is 10.3. The van der Waals surface area contributed by atoms with Crippen LogP contribution in [0.2, 0.25) is 0 Å². The number of nitrogens with zero attached hydrogens (tertiary/aromatic N) is 7. The average molecular weight is 857 g/mol. The van der Waals surface area contributed by atoms with E-state index in [4.69, 9.17) is 25.5 Å². The molecule has 12 nitrogen and oxygen atoms in total. The highest BCUT2D eigenvalue weighted by atomic mass is 79.9. The van der Waals surface area contributed by atoms with Crippen molar-refractivity contribution in [2.75, 3.05) is 30.5 Å². The molecule has 1 aliphatic rings. The summed E-state index contributed by atoms with van der Waals surface area (Å²) >= 11 is 3.40. The van der Waals surface area contributed by atoms with Crippen LogP contribution in [0, 0.1) is 13.8 Å². The molecule has 7 aromatic rings. The van der Waals surface area contributed by atoms with Crippen LogP contribution >= 0.6 is 15.9 Å². The zero-order valence-electron chi connectivity index (χ0n) is 35.1. The van der Waals surface area contributed by atoms with Crippen molar-refractivity contribution in [3.8, 4) is 16.9 Å². The Balaban J connectivity index is 0.000000150. The van der Waals surface area contributed by atoms with Crippen molar-refractivity contribution in [1.82, 2.24) is 29.9 Å². The Kier molecular flexibility index (Phi) is 13.1. The van der Waals surface area contributed by atoms with E-state index < -0.39 is 0 Å². The van der Waals surface area contributed by atoms with Crippen LogP contribution in [-0.4, -0.2) is 62.4 Å². The quantitative estimate of drug-likeness (QED) is 0.117. The van der Waals surface area contributed by atoms with Gasteiger partial charge in [0.05, 0.1) is 18.3 Å². The summed E-state index contributed by atoms with van der Waals surface area (Å²) in [5, 5.41) is 1.86. The second-order valence-corrected chi connectivity index (χ2v) is 16.4. The standard InChI is InChI=1S/C16H15BrN4O.C16H16N4.C13H20BNO2/c1-21(10-11-3-5-14(22-2)6-4-11)16-19-8-12-7-13(17)9-18-15(12)20-16;1-3-15-18-9-12-6-11(8-19-16(12)20-15)14-7-13(17)5-4-10(14)2;1-9-6-7-10(15)8-11(9)14-16-12(2,3)13(4,5)17-14/h3-9H,10H2,1-2H3;4-9H,3,17H2,1-2H3;6-8H,15H2,1-5H3. The predicted molar refractivity (Wildman–Crippen MR) is 243 cm³/mol. The minimum atomic E-state index is -0.330. The molecule has 0 amide bonds. The Labute approximate surface area is 355 Å². The summed E-state index contributed by atoms with van der Waals surface area (Å²) in [6, 6.07) is 23.7. The van der Waals surface area contributed by atoms with Gasteiger partial charge < -0.3 is 30.4 Å². The van der Waals surface area contributed by atoms with Gasteiger partial charge in [-0.3, -0.25) is 0 Å². The number of methoxy groups -OCH3 is 1. The van der Waals surface area contributed by atoms with E-state index >= 15 is 0 Å². The third-order valence-electron chi connectivity index (χ3n) is 10.5. The maximum absolute atomic E-state index is 6.01. The molecule has 1 fully saturated rings. The molecule has 4 aromatic heterocycles. The first kappa shape index (κ1) is 42.9. The van der Waals surface area contributed by atoms with Gasteiger partial charge in [-0.05, 0) is 128 Å². The van der Waals surface area contributed by atoms with Crippen molar-refractivity contribution in [2.45, 2.75) is 72.6 Å². The first-order valence-corrected chi connectivity index (χ1v) is 20.2. The number of aryl methyl sites for hydroxylation is 3. The molecule has 5 heterocycles. The van der Waals surface area contributed by atoms with Crippen LogP contribution in [0.25, 0.3) is 33.2 Å². The Morgan fingerprint density at radius 3 is 2.02 bits per heavy atom. The van der Waals surface area contributed by atoms with Crippen molar-refractivity contribution in [2.24, 2.45) is 0 Å². The Hall–Kier alpha value is -5.70. The van der Waals surface area contributed by atoms with Gasteiger partial charge in [0.2, 0.25) is 5.95 Å². The number of hydrogen-bond acceptors (Lipinski definition) is 12. The van der Waals surface area contributed by atoms with E-state index in [-0.39, 0.29) is 18.3 Å². The minimum Gasteiger partial charge on any atom is -0.497 e. The fourth-order valence-corrected chi connectivity index (χ4v) is 6.60. The van der Waals surface area contributed by atoms with Gasteiger partial charge >= 0.3 is 7.12 Å². The largest absolute Gasteiger partial charge is 0.497 e. The van der Waals surface area contributed by atoms with Crippen LogP contribution in [-0.2, 0) is 22.3 Å². The highest BCUT2D eigenvalue weighted by molar-refractivity contribution is 9.10. The number of fused-ring (bicyclic) bond motifs is 2. The molecule has 0 spiro atoms. The van der Waals surface area contributed by atoms with Crippen LogP contribution in [0.4, 0.5) is 17.3 Å². The molecule has 304 valence electrons. The molecule has 1 aliphatic heterocycles. The van der Waals surface area contributed by atoms with Gasteiger partial charge in [-0.2, -0.15) is 4.98 Å². The third-order valence-corrected chi connectivity index (χ3v) is 10.9. The summed E-state index contributed by atoms with van der Waals surface area (Å²) in [6.07, 6.45) is 8.02. The lowest BCUT2D eigenvalue weighted by atomic mass is 9.76. The number of benzene rings is 3. The molecule has 0 unspecified atom stereocenters. The summed E-state index contributed by atoms with van der Waals surface area (Å²) < 4.78 is 18.1. The molecule has 1 saturated heterocycles. The number of rotatable bonds is 7. The van der Waals surface area contributed by atoms with Crippen molar-refractivity contribution in [3.05, 3.63) is 125 Å². The summed E-state index contributed by atoms with van der Waals surface area (Å²) in [6.45, 7) is 15.1. The first-order chi connectivity index (χ1) is 28.0. The van der Waals surface area contributed by atoms with E-state index in [9.17, 15) is 0 Å². The van der Waals surface area contributed by atoms with Gasteiger partial charge in [-0.15, -0.1) is 0 Å². The van der Waals surface area contributed by atoms with E-state index in [1.807, 2.05) is 105 Å². The minimum absolute atomic E-state index is 0.311. The highest BCUT2D eigenvalue weighted by Crippen LogP contribution is 2.37. The number of halogens is 1. The molecule has 0 atom stereocenters. The molecule has 0 aliphatic carbocycles. The molecule has 3 aromatic carbocycles. The Morgan fingerprint density at radius 1 is 0.729 bits per heavy atom. The topological polar surface area (TPSA) is 160 Å². The molecule has 59 heavy (non-hydrogen) atoms. The fourth-order valence-electron chi connectivity index (χ4n) is 6.26. The fraction of sp³-hybridized carbons (Fsp3) is 0.289. The van der Waals surface area contributed by atoms with Crippen LogP contribution < -0.4 is 26.6 Å². The van der Waals surface area contributed by atoms with Crippen molar-refractivity contribution >= 4 is 67.9 Å². The van der Waals surface area contributed by atoms with Gasteiger partial charge in [0, 0.05) is 77.0 Å². The van der Waals surface area contributed by atoms with Gasteiger partial charge in [-0.25, -0.2) is 24.9 Å². The molecule has 8 rings (SSSR count). The number of anilines is 3. The second-order valence-electron chi connectivity index (χ2n) is 15.5. The summed E-state index contributed by atoms with van der Waals surface area (Å²) in [7, 11) is 3.29. The second kappa shape index (κ2) is 18.1. The Bertz CT molecular complexity index is 2560. The maximum Gasteiger partial charge on any atom is 0.495 e. The van der Waals surface area contributed by atoms with Gasteiger partial charge in [0.1, 0.15) is 11.6 Å². The molecule has 4 N–H and O–H groups in total. The monoisotopic (exact) mass is 855 g/mol. The smallest absolute Gasteiger partial charge is 0.495 e. The van der Waals surface area contributed by atoms with E-state index in [0.29, 0.717) is 18.1 Å². The molecular formula is C45H51BBrN9O3. The van der Waals surface area contributed by atoms with Crippen molar-refractivity contribution in [1.29, 1.82) is 0 Å². The van der Waals surface area contributed by atoms with Crippen LogP contribution in [0.15, 0.2) is 102 Å². The molecule has 0 bridgehead atoms. The van der Waals surface area contributed by atoms with E-state index in [1.54, 1.807) is 19.5 Å². The number of pyridine rings is 2. The normalized spacial score (nSPS) is 14.0. The van der Waals surface area contributed by atoms with Crippen molar-refractivity contribution in [3.63, 3.8) is 0 Å². The number of nitrogen functional groups attached to an aromatic ring is 2. The SMILES string of the molecule is CCc1ncc2cc(-c3cc(N)ccc3C)cnc2n1.COc1ccc(CN(C)c2ncc3cc(Br)cnc3n2)cc1.Cc1ccc(N)cc1B1OC(C)(C)C(C)(C)O1. The maximum atomic E-state index is 6.01. The summed E-state index contributed by atoms with van der Waals surface area (Å²) in [5.74, 6) is 2.32. The molecule has 0 saturated carbocycles. The van der Waals surface area contributed by atoms with Crippen LogP contribution in [0.5, 0.6) is 5.75 Å². The van der Waals surface area contributed by atoms with Crippen LogP contribution in [0.1, 0.15) is 57.1 Å². The Morgan fingerprint density at radius 2 is 1.34 bits per heavy atom. The zero-order chi connectivity index (χ0) is 42.5. The summed E-state index contributed by atoms with van der Waals surface area (Å²) in [5.41, 5.74) is 20.6. The lowest BCUT2D eigenvalue weighted by Gasteiger charge is -2.32. The number of aromatic nitrogens is 6. The summed E-state index contributed by atoms with van der Waals surface area (Å²) in [4.78, 5) is 28.4. The molecule has 14 heteroatoms. The average Bonchev–Trinajstić information content (AvgIpc) is 3.45.